The first kappa shape index (κ1) is 21.5. The van der Waals surface area contributed by atoms with E-state index in [1.165, 1.54) is 0 Å². The predicted molar refractivity (Wildman–Crippen MR) is 111 cm³/mol. The van der Waals surface area contributed by atoms with Gasteiger partial charge in [-0.3, -0.25) is 4.18 Å². The minimum atomic E-state index is -3.86. The molecule has 2 atom stereocenters. The van der Waals surface area contributed by atoms with Crippen molar-refractivity contribution in [1.29, 1.82) is 0 Å². The lowest BCUT2D eigenvalue weighted by Gasteiger charge is -2.32. The lowest BCUT2D eigenvalue weighted by Crippen LogP contribution is -2.29. The van der Waals surface area contributed by atoms with Crippen molar-refractivity contribution in [1.82, 2.24) is 0 Å². The third-order valence-corrected chi connectivity index (χ3v) is 6.75. The number of ether oxygens (including phenoxy) is 3. The van der Waals surface area contributed by atoms with Gasteiger partial charge in [-0.15, -0.1) is 0 Å². The summed E-state index contributed by atoms with van der Waals surface area (Å²) in [6, 6.07) is 10.4. The van der Waals surface area contributed by atoms with Crippen LogP contribution in [-0.4, -0.2) is 35.9 Å². The van der Waals surface area contributed by atoms with Gasteiger partial charge in [-0.2, -0.15) is 8.42 Å². The molecular weight excluding hydrogens is 392 g/mol. The highest BCUT2D eigenvalue weighted by atomic mass is 32.2. The molecule has 0 heterocycles. The molecule has 6 nitrogen and oxygen atoms in total. The number of aryl methyl sites for hydroxylation is 1. The smallest absolute Gasteiger partial charge is 0.297 e. The molecule has 0 radical (unpaired) electrons. The Hall–Kier alpha value is -2.25. The van der Waals surface area contributed by atoms with Crippen LogP contribution in [0.25, 0.3) is 0 Å². The average molecular weight is 421 g/mol. The highest BCUT2D eigenvalue weighted by Crippen LogP contribution is 2.47. The van der Waals surface area contributed by atoms with Crippen LogP contribution < -0.4 is 14.2 Å². The van der Waals surface area contributed by atoms with Crippen LogP contribution in [0.4, 0.5) is 0 Å². The SMILES string of the molecule is COc1ccc([C@@H]2CCCC[C@H]2OS(=O)(=O)c2ccc(C)cc2)c(OC)c1OC. The Labute approximate surface area is 172 Å². The van der Waals surface area contributed by atoms with E-state index in [2.05, 4.69) is 0 Å². The summed E-state index contributed by atoms with van der Waals surface area (Å²) in [7, 11) is 0.833. The largest absolute Gasteiger partial charge is 0.493 e. The molecule has 1 aliphatic rings. The molecule has 2 aromatic carbocycles. The average Bonchev–Trinajstić information content (AvgIpc) is 2.73. The van der Waals surface area contributed by atoms with Crippen molar-refractivity contribution in [2.45, 2.75) is 49.5 Å². The Morgan fingerprint density at radius 2 is 1.48 bits per heavy atom. The molecule has 0 unspecified atom stereocenters. The Bertz CT molecular complexity index is 937. The van der Waals surface area contributed by atoms with Gasteiger partial charge in [0.05, 0.1) is 32.3 Å². The molecule has 29 heavy (non-hydrogen) atoms. The molecule has 0 saturated heterocycles. The van der Waals surface area contributed by atoms with E-state index in [4.69, 9.17) is 18.4 Å². The van der Waals surface area contributed by atoms with Gasteiger partial charge in [0.15, 0.2) is 11.5 Å². The van der Waals surface area contributed by atoms with Crippen molar-refractivity contribution in [2.24, 2.45) is 0 Å². The van der Waals surface area contributed by atoms with Crippen LogP contribution in [0.5, 0.6) is 17.2 Å². The van der Waals surface area contributed by atoms with Gasteiger partial charge in [0.2, 0.25) is 5.75 Å². The van der Waals surface area contributed by atoms with Crippen molar-refractivity contribution in [2.75, 3.05) is 21.3 Å². The van der Waals surface area contributed by atoms with Gasteiger partial charge in [0.1, 0.15) is 0 Å². The molecule has 0 amide bonds. The number of hydrogen-bond acceptors (Lipinski definition) is 6. The fourth-order valence-corrected chi connectivity index (χ4v) is 5.04. The summed E-state index contributed by atoms with van der Waals surface area (Å²) in [6.45, 7) is 1.91. The fraction of sp³-hybridized carbons (Fsp3) is 0.455. The van der Waals surface area contributed by atoms with E-state index in [1.54, 1.807) is 45.6 Å². The van der Waals surface area contributed by atoms with E-state index >= 15 is 0 Å². The van der Waals surface area contributed by atoms with E-state index in [0.717, 1.165) is 30.4 Å². The molecule has 158 valence electrons. The highest BCUT2D eigenvalue weighted by molar-refractivity contribution is 7.86. The summed E-state index contributed by atoms with van der Waals surface area (Å²) in [6.07, 6.45) is 2.90. The van der Waals surface area contributed by atoms with Crippen LogP contribution in [0.15, 0.2) is 41.3 Å². The van der Waals surface area contributed by atoms with Crippen LogP contribution >= 0.6 is 0 Å². The first-order valence-corrected chi connectivity index (χ1v) is 11.1. The van der Waals surface area contributed by atoms with E-state index in [-0.39, 0.29) is 10.8 Å². The standard InChI is InChI=1S/C22H28O6S/c1-15-9-11-16(12-10-15)29(23,24)28-19-8-6-5-7-17(19)18-13-14-20(25-2)22(27-4)21(18)26-3/h9-14,17,19H,5-8H2,1-4H3/t17-,19+/m0/s1. The Morgan fingerprint density at radius 3 is 2.10 bits per heavy atom. The zero-order chi connectivity index (χ0) is 21.0. The van der Waals surface area contributed by atoms with E-state index in [9.17, 15) is 8.42 Å². The molecule has 0 spiro atoms. The van der Waals surface area contributed by atoms with Crippen LogP contribution in [0.3, 0.4) is 0 Å². The molecule has 2 aromatic rings. The van der Waals surface area contributed by atoms with Crippen molar-refractivity contribution in [3.05, 3.63) is 47.5 Å². The van der Waals surface area contributed by atoms with Gasteiger partial charge in [-0.05, 0) is 38.0 Å². The second-order valence-electron chi connectivity index (χ2n) is 7.22. The van der Waals surface area contributed by atoms with Gasteiger partial charge >= 0.3 is 0 Å². The Kier molecular flexibility index (Phi) is 6.70. The molecule has 1 saturated carbocycles. The van der Waals surface area contributed by atoms with E-state index < -0.39 is 16.2 Å². The number of benzene rings is 2. The quantitative estimate of drug-likeness (QED) is 0.616. The molecule has 1 aliphatic carbocycles. The van der Waals surface area contributed by atoms with Crippen molar-refractivity contribution in [3.8, 4) is 17.2 Å². The highest BCUT2D eigenvalue weighted by Gasteiger charge is 2.35. The maximum Gasteiger partial charge on any atom is 0.297 e. The van der Waals surface area contributed by atoms with Crippen molar-refractivity contribution in [3.63, 3.8) is 0 Å². The first-order chi connectivity index (χ1) is 13.9. The number of hydrogen-bond donors (Lipinski definition) is 0. The van der Waals surface area contributed by atoms with Gasteiger partial charge in [0.25, 0.3) is 10.1 Å². The number of methoxy groups -OCH3 is 3. The normalized spacial score (nSPS) is 19.6. The molecule has 3 rings (SSSR count). The van der Waals surface area contributed by atoms with E-state index in [0.29, 0.717) is 23.7 Å². The zero-order valence-corrected chi connectivity index (χ0v) is 18.1. The van der Waals surface area contributed by atoms with Gasteiger partial charge < -0.3 is 14.2 Å². The summed E-state index contributed by atoms with van der Waals surface area (Å²) in [4.78, 5) is 0.173. The molecule has 7 heteroatoms. The summed E-state index contributed by atoms with van der Waals surface area (Å²) in [5, 5.41) is 0. The van der Waals surface area contributed by atoms with Crippen LogP contribution in [0.2, 0.25) is 0 Å². The lowest BCUT2D eigenvalue weighted by atomic mass is 9.81. The number of rotatable bonds is 7. The van der Waals surface area contributed by atoms with Crippen molar-refractivity contribution >= 4 is 10.1 Å². The molecule has 1 fully saturated rings. The lowest BCUT2D eigenvalue weighted by molar-refractivity contribution is 0.135. The van der Waals surface area contributed by atoms with Gasteiger partial charge in [-0.1, -0.05) is 36.6 Å². The van der Waals surface area contributed by atoms with Crippen LogP contribution in [0.1, 0.15) is 42.7 Å². The fourth-order valence-electron chi connectivity index (χ4n) is 3.91. The maximum absolute atomic E-state index is 12.9. The maximum atomic E-state index is 12.9. The summed E-state index contributed by atoms with van der Waals surface area (Å²) in [5.74, 6) is 1.49. The molecule has 0 aromatic heterocycles. The summed E-state index contributed by atoms with van der Waals surface area (Å²) >= 11 is 0. The molecular formula is C22H28O6S. The Balaban J connectivity index is 1.95. The van der Waals surface area contributed by atoms with Crippen LogP contribution in [-0.2, 0) is 14.3 Å². The minimum Gasteiger partial charge on any atom is -0.493 e. The van der Waals surface area contributed by atoms with Crippen LogP contribution in [0, 0.1) is 6.92 Å². The zero-order valence-electron chi connectivity index (χ0n) is 17.3. The predicted octanol–water partition coefficient (Wildman–Crippen LogP) is 4.45. The van der Waals surface area contributed by atoms with Gasteiger partial charge in [0, 0.05) is 11.5 Å². The second-order valence-corrected chi connectivity index (χ2v) is 8.79. The molecule has 0 bridgehead atoms. The third kappa shape index (κ3) is 4.51. The summed E-state index contributed by atoms with van der Waals surface area (Å²) < 4.78 is 48.0. The molecule has 0 N–H and O–H groups in total. The third-order valence-electron chi connectivity index (χ3n) is 5.40. The second kappa shape index (κ2) is 9.05. The monoisotopic (exact) mass is 420 g/mol. The van der Waals surface area contributed by atoms with Gasteiger partial charge in [-0.25, -0.2) is 0 Å². The van der Waals surface area contributed by atoms with Crippen molar-refractivity contribution < 1.29 is 26.8 Å². The van der Waals surface area contributed by atoms with E-state index in [1.807, 2.05) is 19.1 Å². The topological polar surface area (TPSA) is 71.1 Å². The minimum absolute atomic E-state index is 0.126. The Morgan fingerprint density at radius 1 is 0.828 bits per heavy atom. The summed E-state index contributed by atoms with van der Waals surface area (Å²) in [5.41, 5.74) is 1.86. The molecule has 0 aliphatic heterocycles. The first-order valence-electron chi connectivity index (χ1n) is 9.70.